The largest absolute Gasteiger partial charge is 0.338 e. The van der Waals surface area contributed by atoms with E-state index in [1.807, 2.05) is 36.2 Å². The number of nitrogens with two attached hydrogens (primary N) is 1. The second-order valence-corrected chi connectivity index (χ2v) is 6.07. The number of aryl methyl sites for hydroxylation is 1. The molecule has 1 atom stereocenters. The lowest BCUT2D eigenvalue weighted by molar-refractivity contribution is 0.0727. The average Bonchev–Trinajstić information content (AvgIpc) is 2.60. The lowest BCUT2D eigenvalue weighted by atomic mass is 10.0. The van der Waals surface area contributed by atoms with Crippen molar-refractivity contribution >= 4 is 5.91 Å². The van der Waals surface area contributed by atoms with Crippen molar-refractivity contribution < 1.29 is 4.79 Å². The van der Waals surface area contributed by atoms with E-state index >= 15 is 0 Å². The maximum absolute atomic E-state index is 12.7. The minimum atomic E-state index is 0.0625. The summed E-state index contributed by atoms with van der Waals surface area (Å²) in [5.41, 5.74) is 9.88. The summed E-state index contributed by atoms with van der Waals surface area (Å²) in [6.45, 7) is 4.71. The molecule has 2 aromatic rings. The molecular formula is C20H26N2O. The first-order chi connectivity index (χ1) is 11.0. The van der Waals surface area contributed by atoms with Gasteiger partial charge in [-0.05, 0) is 43.0 Å². The Bertz CT molecular complexity index is 632. The highest BCUT2D eigenvalue weighted by Gasteiger charge is 2.20. The number of hydrogen-bond donors (Lipinski definition) is 1. The maximum Gasteiger partial charge on any atom is 0.253 e. The summed E-state index contributed by atoms with van der Waals surface area (Å²) in [6.07, 6.45) is 1.80. The van der Waals surface area contributed by atoms with Gasteiger partial charge in [0, 0.05) is 25.2 Å². The molecule has 0 saturated carbocycles. The second kappa shape index (κ2) is 7.93. The Hall–Kier alpha value is -2.13. The van der Waals surface area contributed by atoms with E-state index in [-0.39, 0.29) is 11.9 Å². The average molecular weight is 310 g/mol. The Labute approximate surface area is 139 Å². The van der Waals surface area contributed by atoms with Gasteiger partial charge in [-0.25, -0.2) is 0 Å². The SMILES string of the molecule is CCC(Cc1ccc(C)cc1)N(C)C(=O)c1ccc(CN)cc1. The molecule has 122 valence electrons. The van der Waals surface area contributed by atoms with Crippen LogP contribution in [0.5, 0.6) is 0 Å². The number of carbonyl (C=O) groups excluding carboxylic acids is 1. The zero-order chi connectivity index (χ0) is 16.8. The van der Waals surface area contributed by atoms with Crippen LogP contribution in [0, 0.1) is 6.92 Å². The van der Waals surface area contributed by atoms with Crippen LogP contribution in [-0.4, -0.2) is 23.9 Å². The van der Waals surface area contributed by atoms with E-state index < -0.39 is 0 Å². The number of nitrogens with zero attached hydrogens (tertiary/aromatic N) is 1. The molecule has 0 radical (unpaired) electrons. The molecule has 0 fully saturated rings. The standard InChI is InChI=1S/C20H26N2O/c1-4-19(13-16-7-5-15(2)6-8-16)22(3)20(23)18-11-9-17(14-21)10-12-18/h5-12,19H,4,13-14,21H2,1-3H3. The van der Waals surface area contributed by atoms with Gasteiger partial charge >= 0.3 is 0 Å². The first-order valence-electron chi connectivity index (χ1n) is 8.16. The second-order valence-electron chi connectivity index (χ2n) is 6.07. The minimum absolute atomic E-state index is 0.0625. The summed E-state index contributed by atoms with van der Waals surface area (Å²) in [6, 6.07) is 16.3. The van der Waals surface area contributed by atoms with Gasteiger partial charge in [0.1, 0.15) is 0 Å². The van der Waals surface area contributed by atoms with Crippen LogP contribution in [-0.2, 0) is 13.0 Å². The van der Waals surface area contributed by atoms with Crippen LogP contribution in [0.1, 0.15) is 40.4 Å². The molecule has 2 aromatic carbocycles. The highest BCUT2D eigenvalue weighted by Crippen LogP contribution is 2.15. The molecule has 0 saturated heterocycles. The van der Waals surface area contributed by atoms with Crippen molar-refractivity contribution in [2.45, 2.75) is 39.3 Å². The summed E-state index contributed by atoms with van der Waals surface area (Å²) in [5, 5.41) is 0. The molecule has 3 nitrogen and oxygen atoms in total. The van der Waals surface area contributed by atoms with Gasteiger partial charge in [0.05, 0.1) is 0 Å². The van der Waals surface area contributed by atoms with Crippen molar-refractivity contribution in [1.29, 1.82) is 0 Å². The van der Waals surface area contributed by atoms with Crippen molar-refractivity contribution in [3.63, 3.8) is 0 Å². The molecular weight excluding hydrogens is 284 g/mol. The van der Waals surface area contributed by atoms with E-state index in [0.29, 0.717) is 12.1 Å². The van der Waals surface area contributed by atoms with E-state index in [2.05, 4.69) is 38.1 Å². The number of carbonyl (C=O) groups is 1. The van der Waals surface area contributed by atoms with Gasteiger partial charge in [-0.15, -0.1) is 0 Å². The fraction of sp³-hybridized carbons (Fsp3) is 0.350. The van der Waals surface area contributed by atoms with E-state index in [4.69, 9.17) is 5.73 Å². The summed E-state index contributed by atoms with van der Waals surface area (Å²) < 4.78 is 0. The predicted octanol–water partition coefficient (Wildman–Crippen LogP) is 3.55. The van der Waals surface area contributed by atoms with Crippen LogP contribution in [0.2, 0.25) is 0 Å². The summed E-state index contributed by atoms with van der Waals surface area (Å²) in [4.78, 5) is 14.5. The fourth-order valence-electron chi connectivity index (χ4n) is 2.70. The lowest BCUT2D eigenvalue weighted by Crippen LogP contribution is -2.38. The van der Waals surface area contributed by atoms with E-state index in [1.165, 1.54) is 11.1 Å². The summed E-state index contributed by atoms with van der Waals surface area (Å²) in [7, 11) is 1.89. The van der Waals surface area contributed by atoms with Gasteiger partial charge in [0.2, 0.25) is 0 Å². The lowest BCUT2D eigenvalue weighted by Gasteiger charge is -2.27. The topological polar surface area (TPSA) is 46.3 Å². The molecule has 1 unspecified atom stereocenters. The first kappa shape index (κ1) is 17.2. The predicted molar refractivity (Wildman–Crippen MR) is 95.4 cm³/mol. The number of rotatable bonds is 6. The third-order valence-corrected chi connectivity index (χ3v) is 4.37. The smallest absolute Gasteiger partial charge is 0.253 e. The molecule has 0 aromatic heterocycles. The maximum atomic E-state index is 12.7. The minimum Gasteiger partial charge on any atom is -0.338 e. The van der Waals surface area contributed by atoms with E-state index in [9.17, 15) is 4.79 Å². The Morgan fingerprint density at radius 3 is 2.13 bits per heavy atom. The fourth-order valence-corrected chi connectivity index (χ4v) is 2.70. The molecule has 1 amide bonds. The highest BCUT2D eigenvalue weighted by molar-refractivity contribution is 5.94. The number of amides is 1. The quantitative estimate of drug-likeness (QED) is 0.887. The van der Waals surface area contributed by atoms with E-state index in [0.717, 1.165) is 18.4 Å². The Balaban J connectivity index is 2.09. The third-order valence-electron chi connectivity index (χ3n) is 4.37. The zero-order valence-electron chi connectivity index (χ0n) is 14.3. The van der Waals surface area contributed by atoms with Crippen molar-refractivity contribution in [3.05, 3.63) is 70.8 Å². The van der Waals surface area contributed by atoms with Gasteiger partial charge in [-0.1, -0.05) is 48.9 Å². The Morgan fingerprint density at radius 2 is 1.61 bits per heavy atom. The van der Waals surface area contributed by atoms with Crippen molar-refractivity contribution in [1.82, 2.24) is 4.90 Å². The van der Waals surface area contributed by atoms with Crippen molar-refractivity contribution in [3.8, 4) is 0 Å². The molecule has 3 heteroatoms. The number of hydrogen-bond acceptors (Lipinski definition) is 2. The summed E-state index contributed by atoms with van der Waals surface area (Å²) >= 11 is 0. The van der Waals surface area contributed by atoms with Gasteiger partial charge in [0.15, 0.2) is 0 Å². The molecule has 0 bridgehead atoms. The normalized spacial score (nSPS) is 12.0. The molecule has 0 heterocycles. The molecule has 23 heavy (non-hydrogen) atoms. The van der Waals surface area contributed by atoms with Crippen molar-refractivity contribution in [2.24, 2.45) is 5.73 Å². The van der Waals surface area contributed by atoms with Gasteiger partial charge < -0.3 is 10.6 Å². The molecule has 0 aliphatic carbocycles. The Kier molecular flexibility index (Phi) is 5.94. The zero-order valence-corrected chi connectivity index (χ0v) is 14.3. The first-order valence-corrected chi connectivity index (χ1v) is 8.16. The molecule has 0 spiro atoms. The number of benzene rings is 2. The van der Waals surface area contributed by atoms with Crippen LogP contribution >= 0.6 is 0 Å². The van der Waals surface area contributed by atoms with Crippen LogP contribution in [0.15, 0.2) is 48.5 Å². The van der Waals surface area contributed by atoms with Crippen LogP contribution in [0.4, 0.5) is 0 Å². The van der Waals surface area contributed by atoms with Crippen LogP contribution < -0.4 is 5.73 Å². The summed E-state index contributed by atoms with van der Waals surface area (Å²) in [5.74, 6) is 0.0625. The molecule has 0 aliphatic rings. The highest BCUT2D eigenvalue weighted by atomic mass is 16.2. The van der Waals surface area contributed by atoms with Crippen molar-refractivity contribution in [2.75, 3.05) is 7.05 Å². The molecule has 2 N–H and O–H groups in total. The Morgan fingerprint density at radius 1 is 1.04 bits per heavy atom. The number of likely N-dealkylation sites (N-methyl/N-ethyl adjacent to an activating group) is 1. The van der Waals surface area contributed by atoms with Crippen LogP contribution in [0.3, 0.4) is 0 Å². The van der Waals surface area contributed by atoms with Gasteiger partial charge in [-0.2, -0.15) is 0 Å². The van der Waals surface area contributed by atoms with E-state index in [1.54, 1.807) is 0 Å². The monoisotopic (exact) mass is 310 g/mol. The van der Waals surface area contributed by atoms with Gasteiger partial charge in [0.25, 0.3) is 5.91 Å². The third kappa shape index (κ3) is 4.42. The molecule has 0 aliphatic heterocycles. The molecule has 2 rings (SSSR count). The van der Waals surface area contributed by atoms with Gasteiger partial charge in [-0.3, -0.25) is 4.79 Å². The van der Waals surface area contributed by atoms with Crippen LogP contribution in [0.25, 0.3) is 0 Å².